The van der Waals surface area contributed by atoms with E-state index in [9.17, 15) is 0 Å². The van der Waals surface area contributed by atoms with Crippen molar-refractivity contribution in [2.45, 2.75) is 57.9 Å². The number of nitrogens with zero attached hydrogens (tertiary/aromatic N) is 2. The molecule has 1 saturated carbocycles. The molecular weight excluding hydrogens is 208 g/mol. The average Bonchev–Trinajstić information content (AvgIpc) is 3.13. The van der Waals surface area contributed by atoms with Crippen molar-refractivity contribution in [2.24, 2.45) is 5.41 Å². The molecule has 3 fully saturated rings. The SMILES string of the molecule is CCC1(CN2CCCN3CCCCC3C2)CC1. The first-order valence-corrected chi connectivity index (χ1v) is 7.78. The topological polar surface area (TPSA) is 6.48 Å². The van der Waals surface area contributed by atoms with E-state index in [0.29, 0.717) is 0 Å². The van der Waals surface area contributed by atoms with Gasteiger partial charge in [0.1, 0.15) is 0 Å². The summed E-state index contributed by atoms with van der Waals surface area (Å²) in [4.78, 5) is 5.57. The van der Waals surface area contributed by atoms with Gasteiger partial charge in [-0.25, -0.2) is 0 Å². The van der Waals surface area contributed by atoms with Crippen LogP contribution in [0, 0.1) is 5.41 Å². The molecule has 2 aliphatic heterocycles. The van der Waals surface area contributed by atoms with Crippen LogP contribution in [0.1, 0.15) is 51.9 Å². The summed E-state index contributed by atoms with van der Waals surface area (Å²) < 4.78 is 0. The molecule has 0 aromatic rings. The van der Waals surface area contributed by atoms with E-state index < -0.39 is 0 Å². The van der Waals surface area contributed by atoms with Crippen molar-refractivity contribution >= 4 is 0 Å². The van der Waals surface area contributed by atoms with Crippen LogP contribution in [0.25, 0.3) is 0 Å². The Balaban J connectivity index is 1.58. The lowest BCUT2D eigenvalue weighted by Gasteiger charge is -2.36. The van der Waals surface area contributed by atoms with Crippen LogP contribution in [-0.2, 0) is 0 Å². The van der Waals surface area contributed by atoms with Gasteiger partial charge in [0.15, 0.2) is 0 Å². The summed E-state index contributed by atoms with van der Waals surface area (Å²) in [6.07, 6.45) is 10.1. The van der Waals surface area contributed by atoms with Crippen molar-refractivity contribution < 1.29 is 0 Å². The van der Waals surface area contributed by atoms with Crippen molar-refractivity contribution in [2.75, 3.05) is 32.7 Å². The van der Waals surface area contributed by atoms with Gasteiger partial charge in [0, 0.05) is 19.1 Å². The first-order chi connectivity index (χ1) is 8.31. The number of hydrogen-bond acceptors (Lipinski definition) is 2. The molecule has 3 aliphatic rings. The summed E-state index contributed by atoms with van der Waals surface area (Å²) in [7, 11) is 0. The normalized spacial score (nSPS) is 34.1. The Hall–Kier alpha value is -0.0800. The molecule has 2 heteroatoms. The molecule has 0 N–H and O–H groups in total. The minimum Gasteiger partial charge on any atom is -0.301 e. The molecule has 0 radical (unpaired) electrons. The molecule has 2 heterocycles. The second kappa shape index (κ2) is 4.89. The van der Waals surface area contributed by atoms with Gasteiger partial charge in [0.25, 0.3) is 0 Å². The fraction of sp³-hybridized carbons (Fsp3) is 1.00. The van der Waals surface area contributed by atoms with Gasteiger partial charge in [-0.05, 0) is 63.6 Å². The highest BCUT2D eigenvalue weighted by Gasteiger charge is 2.42. The standard InChI is InChI=1S/C15H28N2/c1-2-15(7-8-15)13-16-9-5-11-17-10-4-3-6-14(17)12-16/h14H,2-13H2,1H3. The highest BCUT2D eigenvalue weighted by atomic mass is 15.2. The lowest BCUT2D eigenvalue weighted by molar-refractivity contribution is 0.128. The quantitative estimate of drug-likeness (QED) is 0.743. The maximum atomic E-state index is 2.80. The first-order valence-electron chi connectivity index (χ1n) is 7.78. The Labute approximate surface area is 106 Å². The number of fused-ring (bicyclic) bond motifs is 1. The first kappa shape index (κ1) is 12.0. The molecule has 0 aromatic heterocycles. The van der Waals surface area contributed by atoms with Gasteiger partial charge in [-0.2, -0.15) is 0 Å². The summed E-state index contributed by atoms with van der Waals surface area (Å²) in [5, 5.41) is 0. The van der Waals surface area contributed by atoms with E-state index in [2.05, 4.69) is 16.7 Å². The fourth-order valence-corrected chi connectivity index (χ4v) is 3.87. The third kappa shape index (κ3) is 2.68. The molecule has 0 aromatic carbocycles. The minimum atomic E-state index is 0.740. The van der Waals surface area contributed by atoms with E-state index in [4.69, 9.17) is 0 Å². The largest absolute Gasteiger partial charge is 0.301 e. The van der Waals surface area contributed by atoms with E-state index in [1.54, 1.807) is 0 Å². The third-order valence-electron chi connectivity index (χ3n) is 5.40. The monoisotopic (exact) mass is 236 g/mol. The maximum Gasteiger partial charge on any atom is 0.0223 e. The second-order valence-electron chi connectivity index (χ2n) is 6.63. The molecule has 2 saturated heterocycles. The number of piperidine rings is 1. The third-order valence-corrected chi connectivity index (χ3v) is 5.40. The molecular formula is C15H28N2. The van der Waals surface area contributed by atoms with E-state index in [-0.39, 0.29) is 0 Å². The van der Waals surface area contributed by atoms with Gasteiger partial charge >= 0.3 is 0 Å². The Bertz CT molecular complexity index is 260. The van der Waals surface area contributed by atoms with E-state index in [1.165, 1.54) is 77.7 Å². The predicted molar refractivity (Wildman–Crippen MR) is 72.2 cm³/mol. The molecule has 2 nitrogen and oxygen atoms in total. The van der Waals surface area contributed by atoms with Crippen LogP contribution in [0.15, 0.2) is 0 Å². The van der Waals surface area contributed by atoms with Crippen molar-refractivity contribution in [1.82, 2.24) is 9.80 Å². The van der Waals surface area contributed by atoms with E-state index in [1.807, 2.05) is 0 Å². The van der Waals surface area contributed by atoms with Crippen molar-refractivity contribution in [3.63, 3.8) is 0 Å². The van der Waals surface area contributed by atoms with Crippen LogP contribution in [0.2, 0.25) is 0 Å². The van der Waals surface area contributed by atoms with Crippen molar-refractivity contribution in [3.05, 3.63) is 0 Å². The van der Waals surface area contributed by atoms with Crippen LogP contribution < -0.4 is 0 Å². The summed E-state index contributed by atoms with van der Waals surface area (Å²) in [6.45, 7) is 9.24. The summed E-state index contributed by atoms with van der Waals surface area (Å²) in [5.41, 5.74) is 0.740. The molecule has 3 rings (SSSR count). The van der Waals surface area contributed by atoms with Crippen LogP contribution in [0.3, 0.4) is 0 Å². The Morgan fingerprint density at radius 3 is 2.65 bits per heavy atom. The zero-order valence-corrected chi connectivity index (χ0v) is 11.5. The van der Waals surface area contributed by atoms with Gasteiger partial charge in [0.2, 0.25) is 0 Å². The Kier molecular flexibility index (Phi) is 3.45. The summed E-state index contributed by atoms with van der Waals surface area (Å²) in [5.74, 6) is 0. The van der Waals surface area contributed by atoms with E-state index >= 15 is 0 Å². The summed E-state index contributed by atoms with van der Waals surface area (Å²) >= 11 is 0. The molecule has 1 atom stereocenters. The maximum absolute atomic E-state index is 2.80. The lowest BCUT2D eigenvalue weighted by atomic mass is 10.0. The van der Waals surface area contributed by atoms with Crippen molar-refractivity contribution in [3.8, 4) is 0 Å². The van der Waals surface area contributed by atoms with E-state index in [0.717, 1.165) is 11.5 Å². The van der Waals surface area contributed by atoms with Gasteiger partial charge in [0.05, 0.1) is 0 Å². The summed E-state index contributed by atoms with van der Waals surface area (Å²) in [6, 6.07) is 0.888. The zero-order chi connectivity index (χ0) is 11.7. The minimum absolute atomic E-state index is 0.740. The zero-order valence-electron chi connectivity index (χ0n) is 11.5. The number of rotatable bonds is 3. The molecule has 1 unspecified atom stereocenters. The smallest absolute Gasteiger partial charge is 0.0223 e. The fourth-order valence-electron chi connectivity index (χ4n) is 3.87. The van der Waals surface area contributed by atoms with Crippen LogP contribution in [0.4, 0.5) is 0 Å². The molecule has 0 amide bonds. The molecule has 0 spiro atoms. The van der Waals surface area contributed by atoms with Crippen LogP contribution in [0.5, 0.6) is 0 Å². The Morgan fingerprint density at radius 2 is 1.88 bits per heavy atom. The van der Waals surface area contributed by atoms with Gasteiger partial charge in [-0.1, -0.05) is 13.3 Å². The second-order valence-corrected chi connectivity index (χ2v) is 6.63. The van der Waals surface area contributed by atoms with Gasteiger partial charge in [-0.3, -0.25) is 4.90 Å². The molecule has 1 aliphatic carbocycles. The highest BCUT2D eigenvalue weighted by molar-refractivity contribution is 4.95. The molecule has 0 bridgehead atoms. The number of hydrogen-bond donors (Lipinski definition) is 0. The highest BCUT2D eigenvalue weighted by Crippen LogP contribution is 2.49. The lowest BCUT2D eigenvalue weighted by Crippen LogP contribution is -2.44. The Morgan fingerprint density at radius 1 is 1.06 bits per heavy atom. The molecule has 17 heavy (non-hydrogen) atoms. The van der Waals surface area contributed by atoms with Crippen LogP contribution >= 0.6 is 0 Å². The van der Waals surface area contributed by atoms with Crippen molar-refractivity contribution in [1.29, 1.82) is 0 Å². The van der Waals surface area contributed by atoms with Gasteiger partial charge < -0.3 is 4.90 Å². The van der Waals surface area contributed by atoms with Crippen LogP contribution in [-0.4, -0.2) is 48.6 Å². The predicted octanol–water partition coefficient (Wildman–Crippen LogP) is 2.74. The average molecular weight is 236 g/mol. The van der Waals surface area contributed by atoms with Gasteiger partial charge in [-0.15, -0.1) is 0 Å². The molecule has 98 valence electrons.